The van der Waals surface area contributed by atoms with Crippen LogP contribution in [0.3, 0.4) is 0 Å². The lowest BCUT2D eigenvalue weighted by Gasteiger charge is -2.16. The van der Waals surface area contributed by atoms with Crippen molar-refractivity contribution in [2.75, 3.05) is 10.6 Å². The van der Waals surface area contributed by atoms with Crippen LogP contribution in [0.15, 0.2) is 48.5 Å². The highest BCUT2D eigenvalue weighted by atomic mass is 35.5. The Hall–Kier alpha value is -2.53. The molecule has 4 rings (SSSR count). The number of benzene rings is 2. The van der Waals surface area contributed by atoms with Crippen LogP contribution >= 0.6 is 11.6 Å². The molecule has 3 amide bonds. The van der Waals surface area contributed by atoms with Crippen LogP contribution in [0.5, 0.6) is 0 Å². The summed E-state index contributed by atoms with van der Waals surface area (Å²) in [5.74, 6) is -0.0213. The second-order valence-electron chi connectivity index (χ2n) is 7.00. The van der Waals surface area contributed by atoms with Crippen molar-refractivity contribution in [2.45, 2.75) is 37.1 Å². The molecule has 134 valence electrons. The zero-order chi connectivity index (χ0) is 18.1. The molecule has 3 N–H and O–H groups in total. The van der Waals surface area contributed by atoms with E-state index in [1.165, 1.54) is 0 Å². The lowest BCUT2D eigenvalue weighted by atomic mass is 9.95. The van der Waals surface area contributed by atoms with Crippen LogP contribution in [0.4, 0.5) is 16.2 Å². The van der Waals surface area contributed by atoms with Gasteiger partial charge in [-0.1, -0.05) is 23.7 Å². The van der Waals surface area contributed by atoms with Gasteiger partial charge in [0.05, 0.1) is 5.41 Å². The van der Waals surface area contributed by atoms with Gasteiger partial charge >= 0.3 is 6.03 Å². The molecule has 2 aliphatic rings. The van der Waals surface area contributed by atoms with E-state index in [2.05, 4.69) is 16.0 Å². The predicted molar refractivity (Wildman–Crippen MR) is 103 cm³/mol. The number of anilines is 2. The van der Waals surface area contributed by atoms with E-state index in [0.29, 0.717) is 22.4 Å². The zero-order valence-electron chi connectivity index (χ0n) is 14.2. The maximum Gasteiger partial charge on any atom is 0.319 e. The summed E-state index contributed by atoms with van der Waals surface area (Å²) in [6, 6.07) is 14.8. The lowest BCUT2D eigenvalue weighted by Crippen LogP contribution is -2.30. The van der Waals surface area contributed by atoms with E-state index in [0.717, 1.165) is 31.2 Å². The second kappa shape index (κ2) is 6.65. The third-order valence-corrected chi connectivity index (χ3v) is 5.11. The van der Waals surface area contributed by atoms with Gasteiger partial charge in [0, 0.05) is 22.4 Å². The van der Waals surface area contributed by atoms with Crippen molar-refractivity contribution in [1.29, 1.82) is 0 Å². The van der Waals surface area contributed by atoms with Crippen molar-refractivity contribution in [3.05, 3.63) is 59.1 Å². The molecule has 5 nitrogen and oxygen atoms in total. The molecule has 2 aliphatic carbocycles. The van der Waals surface area contributed by atoms with Gasteiger partial charge in [0.1, 0.15) is 0 Å². The minimum Gasteiger partial charge on any atom is -0.335 e. The molecule has 2 saturated carbocycles. The van der Waals surface area contributed by atoms with Gasteiger partial charge in [-0.2, -0.15) is 0 Å². The predicted octanol–water partition coefficient (Wildman–Crippen LogP) is 4.29. The van der Waals surface area contributed by atoms with Crippen LogP contribution in [0.2, 0.25) is 5.02 Å². The third kappa shape index (κ3) is 3.68. The fourth-order valence-corrected chi connectivity index (χ4v) is 3.22. The Morgan fingerprint density at radius 2 is 1.62 bits per heavy atom. The summed E-state index contributed by atoms with van der Waals surface area (Å²) in [5, 5.41) is 9.28. The van der Waals surface area contributed by atoms with Crippen molar-refractivity contribution in [2.24, 2.45) is 0 Å². The maximum atomic E-state index is 12.8. The van der Waals surface area contributed by atoms with Crippen molar-refractivity contribution < 1.29 is 9.59 Å². The molecule has 26 heavy (non-hydrogen) atoms. The van der Waals surface area contributed by atoms with E-state index in [9.17, 15) is 9.59 Å². The molecule has 0 unspecified atom stereocenters. The van der Waals surface area contributed by atoms with E-state index in [4.69, 9.17) is 11.6 Å². The van der Waals surface area contributed by atoms with Crippen LogP contribution in [0.25, 0.3) is 0 Å². The molecule has 0 radical (unpaired) electrons. The van der Waals surface area contributed by atoms with Gasteiger partial charge in [0.25, 0.3) is 0 Å². The van der Waals surface area contributed by atoms with Crippen molar-refractivity contribution >= 4 is 34.9 Å². The van der Waals surface area contributed by atoms with Crippen molar-refractivity contribution in [1.82, 2.24) is 5.32 Å². The minimum absolute atomic E-state index is 0.0213. The fraction of sp³-hybridized carbons (Fsp3) is 0.300. The maximum absolute atomic E-state index is 12.8. The van der Waals surface area contributed by atoms with Gasteiger partial charge in [-0.3, -0.25) is 4.79 Å². The van der Waals surface area contributed by atoms with E-state index in [1.54, 1.807) is 24.3 Å². The monoisotopic (exact) mass is 369 g/mol. The summed E-state index contributed by atoms with van der Waals surface area (Å²) in [4.78, 5) is 24.5. The number of carbonyl (C=O) groups is 2. The first-order valence-corrected chi connectivity index (χ1v) is 9.18. The number of hydrogen-bond donors (Lipinski definition) is 3. The SMILES string of the molecule is O=C(Nc1ccc(NC(=O)C2(c3cccc(Cl)c3)CC2)cc1)NC1CC1. The van der Waals surface area contributed by atoms with E-state index in [1.807, 2.05) is 24.3 Å². The Balaban J connectivity index is 1.39. The summed E-state index contributed by atoms with van der Waals surface area (Å²) in [7, 11) is 0. The van der Waals surface area contributed by atoms with Crippen LogP contribution in [-0.2, 0) is 10.2 Å². The number of halogens is 1. The second-order valence-corrected chi connectivity index (χ2v) is 7.43. The topological polar surface area (TPSA) is 70.2 Å². The minimum atomic E-state index is -0.480. The van der Waals surface area contributed by atoms with E-state index >= 15 is 0 Å². The molecule has 0 aliphatic heterocycles. The van der Waals surface area contributed by atoms with E-state index in [-0.39, 0.29) is 11.9 Å². The lowest BCUT2D eigenvalue weighted by molar-refractivity contribution is -0.118. The third-order valence-electron chi connectivity index (χ3n) is 4.88. The molecule has 2 aromatic carbocycles. The molecule has 2 aromatic rings. The highest BCUT2D eigenvalue weighted by molar-refractivity contribution is 6.30. The summed E-state index contributed by atoms with van der Waals surface area (Å²) in [6.07, 6.45) is 3.74. The molecule has 0 saturated heterocycles. The average Bonchev–Trinajstić information content (AvgIpc) is 3.51. The molecule has 6 heteroatoms. The first-order valence-electron chi connectivity index (χ1n) is 8.80. The summed E-state index contributed by atoms with van der Waals surface area (Å²) >= 11 is 6.07. The number of amides is 3. The quantitative estimate of drug-likeness (QED) is 0.735. The molecule has 2 fully saturated rings. The fourth-order valence-electron chi connectivity index (χ4n) is 3.03. The van der Waals surface area contributed by atoms with Crippen LogP contribution < -0.4 is 16.0 Å². The number of rotatable bonds is 5. The number of carbonyl (C=O) groups excluding carboxylic acids is 2. The molecular weight excluding hydrogens is 350 g/mol. The first kappa shape index (κ1) is 16.9. The Morgan fingerprint density at radius 3 is 2.19 bits per heavy atom. The highest BCUT2D eigenvalue weighted by Crippen LogP contribution is 2.49. The summed E-state index contributed by atoms with van der Waals surface area (Å²) < 4.78 is 0. The van der Waals surface area contributed by atoms with Gasteiger partial charge in [-0.05, 0) is 67.6 Å². The smallest absolute Gasteiger partial charge is 0.319 e. The number of hydrogen-bond acceptors (Lipinski definition) is 2. The van der Waals surface area contributed by atoms with E-state index < -0.39 is 5.41 Å². The van der Waals surface area contributed by atoms with Gasteiger partial charge in [-0.25, -0.2) is 4.79 Å². The molecule has 0 spiro atoms. The Kier molecular flexibility index (Phi) is 4.32. The van der Waals surface area contributed by atoms with Crippen molar-refractivity contribution in [3.8, 4) is 0 Å². The van der Waals surface area contributed by atoms with Crippen LogP contribution in [-0.4, -0.2) is 18.0 Å². The Morgan fingerprint density at radius 1 is 0.962 bits per heavy atom. The molecule has 0 bridgehead atoms. The summed E-state index contributed by atoms with van der Waals surface area (Å²) in [5.41, 5.74) is 1.87. The molecule has 0 atom stereocenters. The molecule has 0 aromatic heterocycles. The number of urea groups is 1. The first-order chi connectivity index (χ1) is 12.5. The van der Waals surface area contributed by atoms with Crippen LogP contribution in [0.1, 0.15) is 31.2 Å². The average molecular weight is 370 g/mol. The largest absolute Gasteiger partial charge is 0.335 e. The van der Waals surface area contributed by atoms with Gasteiger partial charge < -0.3 is 16.0 Å². The van der Waals surface area contributed by atoms with Gasteiger partial charge in [0.2, 0.25) is 5.91 Å². The van der Waals surface area contributed by atoms with Gasteiger partial charge in [-0.15, -0.1) is 0 Å². The van der Waals surface area contributed by atoms with Gasteiger partial charge in [0.15, 0.2) is 0 Å². The standard InChI is InChI=1S/C20H20ClN3O2/c21-14-3-1-2-13(12-14)20(10-11-20)18(25)22-15-4-6-16(7-5-15)23-19(26)24-17-8-9-17/h1-7,12,17H,8-11H2,(H,22,25)(H2,23,24,26). The zero-order valence-corrected chi connectivity index (χ0v) is 15.0. The van der Waals surface area contributed by atoms with Crippen LogP contribution in [0, 0.1) is 0 Å². The highest BCUT2D eigenvalue weighted by Gasteiger charge is 2.51. The van der Waals surface area contributed by atoms with Crippen molar-refractivity contribution in [3.63, 3.8) is 0 Å². The Labute approximate surface area is 157 Å². The Bertz CT molecular complexity index is 842. The summed E-state index contributed by atoms with van der Waals surface area (Å²) in [6.45, 7) is 0. The normalized spacial score (nSPS) is 17.3. The molecule has 0 heterocycles. The number of nitrogens with one attached hydrogen (secondary N) is 3. The molecular formula is C20H20ClN3O2.